The Morgan fingerprint density at radius 2 is 2.25 bits per heavy atom. The van der Waals surface area contributed by atoms with Gasteiger partial charge in [0.2, 0.25) is 0 Å². The maximum atomic E-state index is 13.5. The highest BCUT2D eigenvalue weighted by Gasteiger charge is 2.15. The van der Waals surface area contributed by atoms with Gasteiger partial charge in [-0.15, -0.1) is 24.0 Å². The topological polar surface area (TPSA) is 54.9 Å². The predicted octanol–water partition coefficient (Wildman–Crippen LogP) is 2.61. The fourth-order valence-corrected chi connectivity index (χ4v) is 2.33. The van der Waals surface area contributed by atoms with Crippen molar-refractivity contribution in [3.63, 3.8) is 0 Å². The Balaban J connectivity index is 0.00000288. The van der Waals surface area contributed by atoms with E-state index in [-0.39, 0.29) is 35.9 Å². The van der Waals surface area contributed by atoms with E-state index in [1.165, 1.54) is 0 Å². The number of ether oxygens (including phenoxy) is 2. The normalized spacial score (nSPS) is 17.5. The van der Waals surface area contributed by atoms with Crippen molar-refractivity contribution in [1.29, 1.82) is 0 Å². The summed E-state index contributed by atoms with van der Waals surface area (Å²) in [6, 6.07) is 5.25. The van der Waals surface area contributed by atoms with Crippen molar-refractivity contribution in [1.82, 2.24) is 10.6 Å². The highest BCUT2D eigenvalue weighted by atomic mass is 127. The van der Waals surface area contributed by atoms with Crippen LogP contribution in [0, 0.1) is 12.7 Å². The van der Waals surface area contributed by atoms with Crippen LogP contribution in [0.4, 0.5) is 4.39 Å². The molecule has 0 saturated carbocycles. The Morgan fingerprint density at radius 3 is 2.92 bits per heavy atom. The van der Waals surface area contributed by atoms with Crippen molar-refractivity contribution in [2.75, 3.05) is 33.4 Å². The van der Waals surface area contributed by atoms with E-state index in [1.54, 1.807) is 26.1 Å². The van der Waals surface area contributed by atoms with Crippen molar-refractivity contribution >= 4 is 29.9 Å². The number of aryl methyl sites for hydroxylation is 1. The fraction of sp³-hybridized carbons (Fsp3) is 0.588. The molecule has 136 valence electrons. The lowest BCUT2D eigenvalue weighted by atomic mass is 10.1. The average molecular weight is 451 g/mol. The van der Waals surface area contributed by atoms with Crippen molar-refractivity contribution < 1.29 is 13.9 Å². The van der Waals surface area contributed by atoms with E-state index in [1.807, 2.05) is 6.07 Å². The third-order valence-electron chi connectivity index (χ3n) is 3.77. The van der Waals surface area contributed by atoms with Crippen LogP contribution in [0.25, 0.3) is 0 Å². The standard InChI is InChI=1S/C17H26FN3O2.HI/c1-13-4-5-14(10-16(13)18)11-21-17(19-2)20-7-3-8-23-15-6-9-22-12-15;/h4-5,10,15H,3,6-9,11-12H2,1-2H3,(H2,19,20,21);1H. The van der Waals surface area contributed by atoms with Gasteiger partial charge < -0.3 is 20.1 Å². The van der Waals surface area contributed by atoms with Crippen LogP contribution in [-0.2, 0) is 16.0 Å². The summed E-state index contributed by atoms with van der Waals surface area (Å²) >= 11 is 0. The molecule has 5 nitrogen and oxygen atoms in total. The molecular weight excluding hydrogens is 424 g/mol. The summed E-state index contributed by atoms with van der Waals surface area (Å²) in [5, 5.41) is 6.40. The second-order valence-electron chi connectivity index (χ2n) is 5.65. The monoisotopic (exact) mass is 451 g/mol. The Bertz CT molecular complexity index is 523. The van der Waals surface area contributed by atoms with Crippen molar-refractivity contribution in [2.24, 2.45) is 4.99 Å². The molecule has 1 fully saturated rings. The van der Waals surface area contributed by atoms with E-state index in [4.69, 9.17) is 9.47 Å². The molecule has 0 amide bonds. The molecule has 2 N–H and O–H groups in total. The predicted molar refractivity (Wildman–Crippen MR) is 105 cm³/mol. The zero-order chi connectivity index (χ0) is 16.5. The zero-order valence-electron chi connectivity index (χ0n) is 14.3. The third-order valence-corrected chi connectivity index (χ3v) is 3.77. The summed E-state index contributed by atoms with van der Waals surface area (Å²) in [5.74, 6) is 0.524. The van der Waals surface area contributed by atoms with E-state index in [0.29, 0.717) is 31.3 Å². The van der Waals surface area contributed by atoms with Crippen LogP contribution in [0.2, 0.25) is 0 Å². The lowest BCUT2D eigenvalue weighted by molar-refractivity contribution is 0.0420. The van der Waals surface area contributed by atoms with Crippen LogP contribution < -0.4 is 10.6 Å². The van der Waals surface area contributed by atoms with Crippen molar-refractivity contribution in [3.8, 4) is 0 Å². The maximum Gasteiger partial charge on any atom is 0.191 e. The Labute approximate surface area is 160 Å². The van der Waals surface area contributed by atoms with Crippen LogP contribution in [0.3, 0.4) is 0 Å². The van der Waals surface area contributed by atoms with E-state index in [0.717, 1.165) is 31.6 Å². The van der Waals surface area contributed by atoms with Gasteiger partial charge in [0, 0.05) is 33.4 Å². The number of benzene rings is 1. The minimum atomic E-state index is -0.180. The first-order valence-corrected chi connectivity index (χ1v) is 8.08. The van der Waals surface area contributed by atoms with E-state index >= 15 is 0 Å². The Kier molecular flexibility index (Phi) is 10.2. The summed E-state index contributed by atoms with van der Waals surface area (Å²) in [7, 11) is 1.72. The van der Waals surface area contributed by atoms with Gasteiger partial charge in [-0.1, -0.05) is 12.1 Å². The lowest BCUT2D eigenvalue weighted by Gasteiger charge is -2.13. The van der Waals surface area contributed by atoms with Gasteiger partial charge >= 0.3 is 0 Å². The highest BCUT2D eigenvalue weighted by molar-refractivity contribution is 14.0. The quantitative estimate of drug-likeness (QED) is 0.290. The summed E-state index contributed by atoms with van der Waals surface area (Å²) in [5.41, 5.74) is 1.55. The molecule has 0 radical (unpaired) electrons. The minimum absolute atomic E-state index is 0. The number of halogens is 2. The zero-order valence-corrected chi connectivity index (χ0v) is 16.6. The van der Waals surface area contributed by atoms with Gasteiger partial charge in [0.05, 0.1) is 12.7 Å². The molecule has 1 heterocycles. The van der Waals surface area contributed by atoms with Gasteiger partial charge in [-0.3, -0.25) is 4.99 Å². The molecule has 1 aromatic carbocycles. The summed E-state index contributed by atoms with van der Waals surface area (Å²) in [6.45, 7) is 5.29. The van der Waals surface area contributed by atoms with Gasteiger partial charge in [0.25, 0.3) is 0 Å². The molecule has 1 aliphatic heterocycles. The SMILES string of the molecule is CN=C(NCCCOC1CCOC1)NCc1ccc(C)c(F)c1.I. The number of nitrogens with one attached hydrogen (secondary N) is 2. The van der Waals surface area contributed by atoms with Crippen LogP contribution in [0.5, 0.6) is 0 Å². The molecule has 1 aromatic rings. The lowest BCUT2D eigenvalue weighted by Crippen LogP contribution is -2.37. The summed E-state index contributed by atoms with van der Waals surface area (Å²) in [4.78, 5) is 4.16. The molecule has 0 aromatic heterocycles. The molecule has 1 aliphatic rings. The number of aliphatic imine (C=N–C) groups is 1. The van der Waals surface area contributed by atoms with Gasteiger partial charge in [0.15, 0.2) is 5.96 Å². The van der Waals surface area contributed by atoms with Gasteiger partial charge in [-0.25, -0.2) is 4.39 Å². The first-order chi connectivity index (χ1) is 11.2. The van der Waals surface area contributed by atoms with Crippen LogP contribution >= 0.6 is 24.0 Å². The molecule has 7 heteroatoms. The highest BCUT2D eigenvalue weighted by Crippen LogP contribution is 2.09. The third kappa shape index (κ3) is 7.31. The molecule has 0 spiro atoms. The van der Waals surface area contributed by atoms with Crippen LogP contribution in [-0.4, -0.2) is 45.5 Å². The molecule has 24 heavy (non-hydrogen) atoms. The first kappa shape index (κ1) is 21.1. The molecule has 1 unspecified atom stereocenters. The van der Waals surface area contributed by atoms with E-state index < -0.39 is 0 Å². The number of nitrogens with zero attached hydrogens (tertiary/aromatic N) is 1. The van der Waals surface area contributed by atoms with Crippen molar-refractivity contribution in [3.05, 3.63) is 35.1 Å². The van der Waals surface area contributed by atoms with Crippen molar-refractivity contribution in [2.45, 2.75) is 32.4 Å². The molecule has 2 rings (SSSR count). The largest absolute Gasteiger partial charge is 0.379 e. The first-order valence-electron chi connectivity index (χ1n) is 8.08. The number of hydrogen-bond acceptors (Lipinski definition) is 3. The fourth-order valence-electron chi connectivity index (χ4n) is 2.33. The van der Waals surface area contributed by atoms with Crippen LogP contribution in [0.1, 0.15) is 24.0 Å². The average Bonchev–Trinajstić information content (AvgIpc) is 3.06. The van der Waals surface area contributed by atoms with Gasteiger partial charge in [-0.2, -0.15) is 0 Å². The molecular formula is C17H27FIN3O2. The molecule has 1 atom stereocenters. The number of guanidine groups is 1. The van der Waals surface area contributed by atoms with Gasteiger partial charge in [-0.05, 0) is 37.0 Å². The Morgan fingerprint density at radius 1 is 1.42 bits per heavy atom. The smallest absolute Gasteiger partial charge is 0.191 e. The Hall–Kier alpha value is -0.930. The second-order valence-corrected chi connectivity index (χ2v) is 5.65. The summed E-state index contributed by atoms with van der Waals surface area (Å²) < 4.78 is 24.5. The molecule has 0 bridgehead atoms. The number of hydrogen-bond donors (Lipinski definition) is 2. The molecule has 1 saturated heterocycles. The maximum absolute atomic E-state index is 13.5. The van der Waals surface area contributed by atoms with E-state index in [2.05, 4.69) is 15.6 Å². The molecule has 0 aliphatic carbocycles. The van der Waals surface area contributed by atoms with Gasteiger partial charge in [0.1, 0.15) is 5.82 Å². The summed E-state index contributed by atoms with van der Waals surface area (Å²) in [6.07, 6.45) is 2.14. The minimum Gasteiger partial charge on any atom is -0.379 e. The van der Waals surface area contributed by atoms with Crippen LogP contribution in [0.15, 0.2) is 23.2 Å². The second kappa shape index (κ2) is 11.6. The van der Waals surface area contributed by atoms with E-state index in [9.17, 15) is 4.39 Å². The number of rotatable bonds is 7.